The lowest BCUT2D eigenvalue weighted by Crippen LogP contribution is -2.31. The van der Waals surface area contributed by atoms with Crippen molar-refractivity contribution in [3.05, 3.63) is 12.3 Å². The monoisotopic (exact) mass is 141 g/mol. The maximum absolute atomic E-state index is 11.1. The molecule has 0 aliphatic heterocycles. The fourth-order valence-corrected chi connectivity index (χ4v) is 0.376. The van der Waals surface area contributed by atoms with E-state index >= 15 is 0 Å². The summed E-state index contributed by atoms with van der Waals surface area (Å²) in [6.07, 6.45) is 3.44. The van der Waals surface area contributed by atoms with Crippen molar-refractivity contribution in [2.24, 2.45) is 5.41 Å². The van der Waals surface area contributed by atoms with Crippen molar-refractivity contribution in [2.75, 3.05) is 0 Å². The van der Waals surface area contributed by atoms with Crippen LogP contribution in [-0.2, 0) is 4.79 Å². The number of rotatable bonds is 1. The summed E-state index contributed by atoms with van der Waals surface area (Å²) in [7, 11) is 0. The number of amides is 1. The molecule has 0 saturated heterocycles. The molecule has 0 bridgehead atoms. The molecular weight excluding hydrogens is 126 g/mol. The maximum Gasteiger partial charge on any atom is 0.229 e. The second-order valence-electron chi connectivity index (χ2n) is 3.22. The van der Waals surface area contributed by atoms with E-state index in [0.717, 1.165) is 0 Å². The van der Waals surface area contributed by atoms with E-state index in [2.05, 4.69) is 5.32 Å². The number of carbonyl (C=O) groups is 1. The molecule has 0 atom stereocenters. The molecule has 0 aromatic carbocycles. The molecular formula is C8H15NO. The average Bonchev–Trinajstić information content (AvgIpc) is 1.80. The summed E-state index contributed by atoms with van der Waals surface area (Å²) in [5.74, 6) is 0.0469. The highest BCUT2D eigenvalue weighted by atomic mass is 16.2. The summed E-state index contributed by atoms with van der Waals surface area (Å²) in [5, 5.41) is 2.65. The molecule has 0 aliphatic rings. The van der Waals surface area contributed by atoms with Gasteiger partial charge in [0.15, 0.2) is 0 Å². The highest BCUT2D eigenvalue weighted by Gasteiger charge is 2.19. The predicted octanol–water partition coefficient (Wildman–Crippen LogP) is 1.68. The van der Waals surface area contributed by atoms with E-state index in [1.165, 1.54) is 0 Å². The molecule has 2 nitrogen and oxygen atoms in total. The fourth-order valence-electron chi connectivity index (χ4n) is 0.376. The summed E-state index contributed by atoms with van der Waals surface area (Å²) in [6, 6.07) is 0. The van der Waals surface area contributed by atoms with Gasteiger partial charge in [-0.25, -0.2) is 0 Å². The second-order valence-corrected chi connectivity index (χ2v) is 3.22. The van der Waals surface area contributed by atoms with Gasteiger partial charge >= 0.3 is 0 Å². The van der Waals surface area contributed by atoms with Crippen molar-refractivity contribution in [1.29, 1.82) is 0 Å². The van der Waals surface area contributed by atoms with Gasteiger partial charge in [-0.15, -0.1) is 0 Å². The Morgan fingerprint density at radius 1 is 1.40 bits per heavy atom. The van der Waals surface area contributed by atoms with Gasteiger partial charge in [-0.3, -0.25) is 4.79 Å². The lowest BCUT2D eigenvalue weighted by Gasteiger charge is -2.15. The Morgan fingerprint density at radius 3 is 2.20 bits per heavy atom. The Balaban J connectivity index is 3.86. The van der Waals surface area contributed by atoms with Gasteiger partial charge in [0.05, 0.1) is 0 Å². The van der Waals surface area contributed by atoms with E-state index in [0.29, 0.717) is 0 Å². The summed E-state index contributed by atoms with van der Waals surface area (Å²) in [4.78, 5) is 11.1. The van der Waals surface area contributed by atoms with Crippen molar-refractivity contribution in [3.8, 4) is 0 Å². The molecule has 0 spiro atoms. The van der Waals surface area contributed by atoms with Crippen LogP contribution in [0.2, 0.25) is 0 Å². The van der Waals surface area contributed by atoms with Crippen LogP contribution in [0.1, 0.15) is 27.7 Å². The minimum atomic E-state index is -0.292. The van der Waals surface area contributed by atoms with Crippen LogP contribution < -0.4 is 5.32 Å². The second kappa shape index (κ2) is 3.40. The maximum atomic E-state index is 11.1. The van der Waals surface area contributed by atoms with Gasteiger partial charge in [0.1, 0.15) is 0 Å². The average molecular weight is 141 g/mol. The quantitative estimate of drug-likeness (QED) is 0.591. The molecule has 1 N–H and O–H groups in total. The molecule has 0 radical (unpaired) electrons. The summed E-state index contributed by atoms with van der Waals surface area (Å²) in [6.45, 7) is 7.51. The summed E-state index contributed by atoms with van der Waals surface area (Å²) < 4.78 is 0. The standard InChI is InChI=1S/C8H15NO/c1-5-6-9-7(10)8(2,3)4/h5-6H,1-4H3,(H,9,10)/b6-5-. The zero-order chi connectivity index (χ0) is 8.20. The SMILES string of the molecule is C/C=C\NC(=O)C(C)(C)C. The van der Waals surface area contributed by atoms with Gasteiger partial charge in [0.2, 0.25) is 5.91 Å². The minimum Gasteiger partial charge on any atom is -0.333 e. The molecule has 0 aromatic rings. The first kappa shape index (κ1) is 9.21. The predicted molar refractivity (Wildman–Crippen MR) is 42.4 cm³/mol. The molecule has 0 aliphatic carbocycles. The Hall–Kier alpha value is -0.790. The highest BCUT2D eigenvalue weighted by Crippen LogP contribution is 2.11. The Labute approximate surface area is 62.3 Å². The topological polar surface area (TPSA) is 29.1 Å². The normalized spacial score (nSPS) is 12.0. The van der Waals surface area contributed by atoms with Gasteiger partial charge in [-0.1, -0.05) is 26.8 Å². The number of hydrogen-bond donors (Lipinski definition) is 1. The third-order valence-corrected chi connectivity index (χ3v) is 1.06. The largest absolute Gasteiger partial charge is 0.333 e. The summed E-state index contributed by atoms with van der Waals surface area (Å²) in [5.41, 5.74) is -0.292. The third-order valence-electron chi connectivity index (χ3n) is 1.06. The van der Waals surface area contributed by atoms with E-state index in [4.69, 9.17) is 0 Å². The van der Waals surface area contributed by atoms with Crippen LogP contribution in [0, 0.1) is 5.41 Å². The zero-order valence-electron chi connectivity index (χ0n) is 7.06. The number of nitrogens with one attached hydrogen (secondary N) is 1. The van der Waals surface area contributed by atoms with Crippen molar-refractivity contribution in [2.45, 2.75) is 27.7 Å². The lowest BCUT2D eigenvalue weighted by molar-refractivity contribution is -0.127. The minimum absolute atomic E-state index is 0.0469. The molecule has 2 heteroatoms. The van der Waals surface area contributed by atoms with Crippen molar-refractivity contribution in [3.63, 3.8) is 0 Å². The molecule has 0 saturated carbocycles. The van der Waals surface area contributed by atoms with Crippen LogP contribution in [0.5, 0.6) is 0 Å². The number of carbonyl (C=O) groups excluding carboxylic acids is 1. The van der Waals surface area contributed by atoms with E-state index < -0.39 is 0 Å². The first-order valence-corrected chi connectivity index (χ1v) is 3.40. The smallest absolute Gasteiger partial charge is 0.229 e. The van der Waals surface area contributed by atoms with Crippen LogP contribution in [0.4, 0.5) is 0 Å². The molecule has 0 aromatic heterocycles. The molecule has 0 heterocycles. The zero-order valence-corrected chi connectivity index (χ0v) is 7.06. The number of allylic oxidation sites excluding steroid dienone is 1. The molecule has 1 amide bonds. The molecule has 10 heavy (non-hydrogen) atoms. The van der Waals surface area contributed by atoms with Crippen LogP contribution in [-0.4, -0.2) is 5.91 Å². The van der Waals surface area contributed by atoms with E-state index in [1.54, 1.807) is 12.3 Å². The van der Waals surface area contributed by atoms with E-state index in [1.807, 2.05) is 27.7 Å². The summed E-state index contributed by atoms with van der Waals surface area (Å²) >= 11 is 0. The Bertz CT molecular complexity index is 142. The van der Waals surface area contributed by atoms with Crippen molar-refractivity contribution in [1.82, 2.24) is 5.32 Å². The lowest BCUT2D eigenvalue weighted by atomic mass is 9.96. The van der Waals surface area contributed by atoms with Gasteiger partial charge in [-0.2, -0.15) is 0 Å². The number of hydrogen-bond acceptors (Lipinski definition) is 1. The van der Waals surface area contributed by atoms with Crippen molar-refractivity contribution >= 4 is 5.91 Å². The van der Waals surface area contributed by atoms with Gasteiger partial charge in [0.25, 0.3) is 0 Å². The Kier molecular flexibility index (Phi) is 3.13. The van der Waals surface area contributed by atoms with Gasteiger partial charge in [0, 0.05) is 5.41 Å². The fraction of sp³-hybridized carbons (Fsp3) is 0.625. The molecule has 0 unspecified atom stereocenters. The molecule has 0 fully saturated rings. The first-order valence-electron chi connectivity index (χ1n) is 3.40. The van der Waals surface area contributed by atoms with Crippen LogP contribution in [0.15, 0.2) is 12.3 Å². The third kappa shape index (κ3) is 3.28. The van der Waals surface area contributed by atoms with Crippen molar-refractivity contribution < 1.29 is 4.79 Å². The first-order chi connectivity index (χ1) is 4.48. The van der Waals surface area contributed by atoms with Crippen LogP contribution >= 0.6 is 0 Å². The molecule has 58 valence electrons. The molecule has 0 rings (SSSR count). The van der Waals surface area contributed by atoms with E-state index in [-0.39, 0.29) is 11.3 Å². The van der Waals surface area contributed by atoms with E-state index in [9.17, 15) is 4.79 Å². The van der Waals surface area contributed by atoms with Gasteiger partial charge < -0.3 is 5.32 Å². The van der Waals surface area contributed by atoms with Crippen LogP contribution in [0.3, 0.4) is 0 Å². The van der Waals surface area contributed by atoms with Gasteiger partial charge in [-0.05, 0) is 13.1 Å². The highest BCUT2D eigenvalue weighted by molar-refractivity contribution is 5.82. The van der Waals surface area contributed by atoms with Crippen LogP contribution in [0.25, 0.3) is 0 Å². The Morgan fingerprint density at radius 2 is 1.90 bits per heavy atom.